The Morgan fingerprint density at radius 1 is 1.08 bits per heavy atom. The Labute approximate surface area is 153 Å². The Bertz CT molecular complexity index is 942. The molecule has 1 aromatic carbocycles. The lowest BCUT2D eigenvalue weighted by molar-refractivity contribution is -0.130. The third kappa shape index (κ3) is 3.75. The summed E-state index contributed by atoms with van der Waals surface area (Å²) < 4.78 is 28.1. The van der Waals surface area contributed by atoms with Crippen molar-refractivity contribution in [2.45, 2.75) is 11.3 Å². The summed E-state index contributed by atoms with van der Waals surface area (Å²) in [6, 6.07) is 12.3. The number of hydrogen-bond acceptors (Lipinski definition) is 5. The van der Waals surface area contributed by atoms with Crippen LogP contribution in [0.2, 0.25) is 0 Å². The first-order valence-corrected chi connectivity index (χ1v) is 9.62. The summed E-state index contributed by atoms with van der Waals surface area (Å²) in [6.45, 7) is 0.576. The molecule has 7 nitrogen and oxygen atoms in total. The number of benzene rings is 1. The highest BCUT2D eigenvalue weighted by Gasteiger charge is 2.31. The van der Waals surface area contributed by atoms with E-state index in [1.807, 2.05) is 18.2 Å². The van der Waals surface area contributed by atoms with Crippen molar-refractivity contribution in [2.75, 3.05) is 27.2 Å². The van der Waals surface area contributed by atoms with Crippen LogP contribution in [0.3, 0.4) is 0 Å². The summed E-state index contributed by atoms with van der Waals surface area (Å²) in [5.41, 5.74) is 1.44. The lowest BCUT2D eigenvalue weighted by atomic mass is 10.2. The second-order valence-corrected chi connectivity index (χ2v) is 7.70. The minimum Gasteiger partial charge on any atom is -0.349 e. The van der Waals surface area contributed by atoms with Crippen LogP contribution in [0, 0.1) is 0 Å². The molecule has 8 heteroatoms. The molecule has 0 bridgehead atoms. The minimum absolute atomic E-state index is 0.0431. The molecule has 1 aliphatic rings. The van der Waals surface area contributed by atoms with E-state index in [2.05, 4.69) is 9.38 Å². The zero-order valence-corrected chi connectivity index (χ0v) is 15.5. The zero-order chi connectivity index (χ0) is 18.7. The largest absolute Gasteiger partial charge is 0.349 e. The first kappa shape index (κ1) is 18.1. The number of carbonyl (C=O) groups is 1. The van der Waals surface area contributed by atoms with E-state index in [4.69, 9.17) is 0 Å². The Hall–Kier alpha value is -2.74. The molecule has 2 aromatic rings. The van der Waals surface area contributed by atoms with Crippen LogP contribution in [-0.4, -0.2) is 62.1 Å². The van der Waals surface area contributed by atoms with Gasteiger partial charge in [-0.25, -0.2) is 0 Å². The molecular weight excluding hydrogens is 352 g/mol. The fraction of sp³-hybridized carbons (Fsp3) is 0.278. The van der Waals surface area contributed by atoms with E-state index in [-0.39, 0.29) is 17.3 Å². The standard InChI is InChI=1S/C18H20N4O3S/c1-21(12-10-14-7-5-6-11-19-14)17(23)13-22(2)18-15-8-3-4-9-16(15)26(24,25)20-18/h3-9,11H,10,12-13H2,1-2H3. The Balaban J connectivity index is 1.64. The van der Waals surface area contributed by atoms with Gasteiger partial charge in [0.2, 0.25) is 5.91 Å². The maximum Gasteiger partial charge on any atom is 0.285 e. The monoisotopic (exact) mass is 372 g/mol. The highest BCUT2D eigenvalue weighted by Crippen LogP contribution is 2.26. The molecular formula is C18H20N4O3S. The molecule has 1 amide bonds. The van der Waals surface area contributed by atoms with Gasteiger partial charge >= 0.3 is 0 Å². The summed E-state index contributed by atoms with van der Waals surface area (Å²) in [5, 5.41) is 0. The molecule has 0 radical (unpaired) electrons. The first-order chi connectivity index (χ1) is 12.4. The Morgan fingerprint density at radius 2 is 1.81 bits per heavy atom. The number of pyridine rings is 1. The van der Waals surface area contributed by atoms with E-state index >= 15 is 0 Å². The molecule has 0 saturated heterocycles. The van der Waals surface area contributed by atoms with E-state index in [0.717, 1.165) is 5.69 Å². The fourth-order valence-electron chi connectivity index (χ4n) is 2.72. The number of likely N-dealkylation sites (N-methyl/N-ethyl adjacent to an activating group) is 2. The molecule has 136 valence electrons. The molecule has 1 aliphatic heterocycles. The Kier molecular flexibility index (Phi) is 5.03. The number of sulfonamides is 1. The number of nitrogens with zero attached hydrogens (tertiary/aromatic N) is 4. The number of hydrogen-bond donors (Lipinski definition) is 0. The van der Waals surface area contributed by atoms with Crippen LogP contribution in [0.4, 0.5) is 0 Å². The molecule has 0 spiro atoms. The zero-order valence-electron chi connectivity index (χ0n) is 14.7. The van der Waals surface area contributed by atoms with Gasteiger partial charge in [0, 0.05) is 44.5 Å². The van der Waals surface area contributed by atoms with Gasteiger partial charge in [-0.3, -0.25) is 9.78 Å². The number of rotatable bonds is 5. The number of amides is 1. The van der Waals surface area contributed by atoms with Crippen molar-refractivity contribution in [1.82, 2.24) is 14.8 Å². The maximum absolute atomic E-state index is 12.5. The van der Waals surface area contributed by atoms with E-state index in [1.54, 1.807) is 48.3 Å². The quantitative estimate of drug-likeness (QED) is 0.787. The molecule has 3 rings (SSSR count). The normalized spacial score (nSPS) is 14.5. The molecule has 26 heavy (non-hydrogen) atoms. The molecule has 0 saturated carbocycles. The summed E-state index contributed by atoms with van der Waals surface area (Å²) >= 11 is 0. The number of aromatic nitrogens is 1. The van der Waals surface area contributed by atoms with Crippen molar-refractivity contribution < 1.29 is 13.2 Å². The number of fused-ring (bicyclic) bond motifs is 1. The highest BCUT2D eigenvalue weighted by atomic mass is 32.2. The average molecular weight is 372 g/mol. The average Bonchev–Trinajstić information content (AvgIpc) is 2.92. The van der Waals surface area contributed by atoms with Crippen molar-refractivity contribution in [1.29, 1.82) is 0 Å². The van der Waals surface area contributed by atoms with Crippen LogP contribution in [0.1, 0.15) is 11.3 Å². The van der Waals surface area contributed by atoms with Crippen molar-refractivity contribution in [2.24, 2.45) is 4.40 Å². The van der Waals surface area contributed by atoms with Crippen LogP contribution in [0.25, 0.3) is 0 Å². The fourth-order valence-corrected chi connectivity index (χ4v) is 3.97. The lowest BCUT2D eigenvalue weighted by Gasteiger charge is -2.23. The van der Waals surface area contributed by atoms with Gasteiger partial charge in [0.25, 0.3) is 10.0 Å². The van der Waals surface area contributed by atoms with Gasteiger partial charge in [0.05, 0.1) is 6.54 Å². The van der Waals surface area contributed by atoms with Gasteiger partial charge in [-0.1, -0.05) is 18.2 Å². The first-order valence-electron chi connectivity index (χ1n) is 8.18. The van der Waals surface area contributed by atoms with E-state index in [0.29, 0.717) is 24.4 Å². The van der Waals surface area contributed by atoms with Crippen LogP contribution in [0.15, 0.2) is 58.0 Å². The topological polar surface area (TPSA) is 82.9 Å². The third-order valence-electron chi connectivity index (χ3n) is 4.20. The smallest absolute Gasteiger partial charge is 0.285 e. The summed E-state index contributed by atoms with van der Waals surface area (Å²) in [5.74, 6) is 0.181. The number of carbonyl (C=O) groups excluding carboxylic acids is 1. The number of amidine groups is 1. The molecule has 2 heterocycles. The summed E-state index contributed by atoms with van der Waals surface area (Å²) in [4.78, 5) is 20.1. The maximum atomic E-state index is 12.5. The van der Waals surface area contributed by atoms with E-state index < -0.39 is 10.0 Å². The highest BCUT2D eigenvalue weighted by molar-refractivity contribution is 7.90. The minimum atomic E-state index is -3.69. The van der Waals surface area contributed by atoms with Crippen molar-refractivity contribution in [3.8, 4) is 0 Å². The lowest BCUT2D eigenvalue weighted by Crippen LogP contribution is -2.40. The van der Waals surface area contributed by atoms with Crippen LogP contribution in [-0.2, 0) is 21.2 Å². The molecule has 0 atom stereocenters. The predicted molar refractivity (Wildman–Crippen MR) is 98.4 cm³/mol. The van der Waals surface area contributed by atoms with Crippen molar-refractivity contribution in [3.63, 3.8) is 0 Å². The van der Waals surface area contributed by atoms with Crippen molar-refractivity contribution >= 4 is 21.8 Å². The summed E-state index contributed by atoms with van der Waals surface area (Å²) in [6.07, 6.45) is 2.38. The molecule has 0 N–H and O–H groups in total. The van der Waals surface area contributed by atoms with Gasteiger partial charge in [-0.05, 0) is 24.3 Å². The third-order valence-corrected chi connectivity index (χ3v) is 5.53. The molecule has 1 aromatic heterocycles. The molecule has 0 fully saturated rings. The summed E-state index contributed by atoms with van der Waals surface area (Å²) in [7, 11) is -0.299. The van der Waals surface area contributed by atoms with Crippen LogP contribution in [0.5, 0.6) is 0 Å². The van der Waals surface area contributed by atoms with E-state index in [1.165, 1.54) is 6.07 Å². The van der Waals surface area contributed by atoms with Gasteiger partial charge in [-0.2, -0.15) is 8.42 Å². The van der Waals surface area contributed by atoms with Gasteiger partial charge in [0.1, 0.15) is 4.90 Å². The van der Waals surface area contributed by atoms with E-state index in [9.17, 15) is 13.2 Å². The van der Waals surface area contributed by atoms with Gasteiger partial charge < -0.3 is 9.80 Å². The Morgan fingerprint density at radius 3 is 2.54 bits per heavy atom. The molecule has 0 aliphatic carbocycles. The SMILES string of the molecule is CN(CCc1ccccn1)C(=O)CN(C)C1=NS(=O)(=O)c2ccccc21. The molecule has 0 unspecified atom stereocenters. The predicted octanol–water partition coefficient (Wildman–Crippen LogP) is 1.16. The van der Waals surface area contributed by atoms with Crippen LogP contribution < -0.4 is 0 Å². The van der Waals surface area contributed by atoms with Crippen LogP contribution >= 0.6 is 0 Å². The second kappa shape index (κ2) is 7.25. The van der Waals surface area contributed by atoms with Gasteiger partial charge in [-0.15, -0.1) is 4.40 Å². The van der Waals surface area contributed by atoms with Gasteiger partial charge in [0.15, 0.2) is 5.84 Å². The second-order valence-electron chi connectivity index (χ2n) is 6.13. The van der Waals surface area contributed by atoms with Crippen molar-refractivity contribution in [3.05, 3.63) is 59.9 Å².